The third-order valence-electron chi connectivity index (χ3n) is 22.8. The van der Waals surface area contributed by atoms with Crippen molar-refractivity contribution in [2.75, 3.05) is 0 Å². The first-order chi connectivity index (χ1) is 61.7. The predicted octanol–water partition coefficient (Wildman–Crippen LogP) is 17.0. The maximum Gasteiger partial charge on any atom is 0.353 e. The number of carboxylic acid groups (broad SMARTS) is 4. The summed E-state index contributed by atoms with van der Waals surface area (Å²) in [4.78, 5) is 125. The third-order valence-corrected chi connectivity index (χ3v) is 22.8. The quantitative estimate of drug-likeness (QED) is 0.0355. The first-order valence-electron chi connectivity index (χ1n) is 39.6. The van der Waals surface area contributed by atoms with Gasteiger partial charge in [0.05, 0.1) is 112 Å². The lowest BCUT2D eigenvalue weighted by molar-refractivity contribution is 0.0676. The van der Waals surface area contributed by atoms with E-state index in [4.69, 9.17) is 29.1 Å². The summed E-state index contributed by atoms with van der Waals surface area (Å²) < 4.78 is 87.9. The fourth-order valence-corrected chi connectivity index (χ4v) is 16.8. The zero-order chi connectivity index (χ0) is 89.9. The van der Waals surface area contributed by atoms with Gasteiger partial charge in [-0.15, -0.1) is 0 Å². The average molecular weight is 1730 g/mol. The second kappa shape index (κ2) is 33.8. The van der Waals surface area contributed by atoms with E-state index < -0.39 is 69.4 Å². The van der Waals surface area contributed by atoms with Gasteiger partial charge in [0, 0.05) is 98.6 Å². The number of nitrogens with zero attached hydrogens (tertiary/aromatic N) is 4. The van der Waals surface area contributed by atoms with Gasteiger partial charge < -0.3 is 92.8 Å². The summed E-state index contributed by atoms with van der Waals surface area (Å²) in [5.74, 6) is -7.19. The van der Waals surface area contributed by atoms with Gasteiger partial charge in [0.25, 0.3) is 22.2 Å². The monoisotopic (exact) mass is 1730 g/mol. The van der Waals surface area contributed by atoms with Crippen LogP contribution in [0.15, 0.2) is 268 Å². The molecular formula is C96H71F4N11O17. The highest BCUT2D eigenvalue weighted by atomic mass is 19.1. The molecule has 0 aliphatic heterocycles. The Balaban J connectivity index is 0.000000120. The molecule has 0 aliphatic rings. The number of carboxylic acids is 4. The Morgan fingerprint density at radius 2 is 0.664 bits per heavy atom. The minimum Gasteiger partial charge on any atom is -0.477 e. The van der Waals surface area contributed by atoms with E-state index in [1.165, 1.54) is 136 Å². The Morgan fingerprint density at radius 3 is 1.01 bits per heavy atom. The minimum absolute atomic E-state index is 0.0235. The van der Waals surface area contributed by atoms with Crippen LogP contribution in [0, 0.1) is 44.0 Å². The van der Waals surface area contributed by atoms with Crippen molar-refractivity contribution >= 4 is 111 Å². The Hall–Kier alpha value is -16.9. The number of aromatic nitrogens is 9. The van der Waals surface area contributed by atoms with Crippen LogP contribution in [-0.2, 0) is 39.3 Å². The second-order valence-corrected chi connectivity index (χ2v) is 30.2. The number of nitrogens with one attached hydrogen (secondary N) is 5. The molecule has 128 heavy (non-hydrogen) atoms. The van der Waals surface area contributed by atoms with Crippen molar-refractivity contribution in [3.63, 3.8) is 0 Å². The Labute approximate surface area is 715 Å². The summed E-state index contributed by atoms with van der Waals surface area (Å²) in [7, 11) is 0. The Kier molecular flexibility index (Phi) is 22.0. The number of carbonyl (C=O) groups is 4. The maximum absolute atomic E-state index is 14.9. The van der Waals surface area contributed by atoms with Crippen LogP contribution in [0.25, 0.3) is 132 Å². The number of aromatic carboxylic acids is 4. The van der Waals surface area contributed by atoms with Gasteiger partial charge in [-0.3, -0.25) is 24.0 Å². The van der Waals surface area contributed by atoms with E-state index >= 15 is 0 Å². The highest BCUT2D eigenvalue weighted by Gasteiger charge is 2.35. The average Bonchev–Trinajstić information content (AvgIpc) is 1.58. The number of nitrogens with two attached hydrogens (primary N) is 2. The standard InChI is InChI=1S/C25H19FN2O4.2C24H18FN3O4.C23H16FN3O5/c1-13-5-3-6-15(14(13)2)12-28-19-11-18(26)16-8-10-32-23(16)21(19)20(22(28)25(30)31)17-7-4-9-27-24(17)29;25-17-10-18-20(22-15(17)6-8-32-22)19(16-5-2-7-27-23(16)29)21(24(30)31)28(18)12-14-4-1-3-13(9-14)11-26;25-17-10-18-20(22-15(17)7-9-32-22)19(16-2-1-8-27-23(16)29)21(24(30)31)28(18)12-14-5-3-13(11-26)4-6-14;1-11-9-26-17(28)7-12(11)10-27-16-8-15(24)13-4-6-32-21(13)19(16)18(20(27)23(30)31)14-3-2-5-25-22(14)29/h3-11H,12H2,1-2H3,(H,27,29)(H,30,31);2*1-10H,11-12,26H2,(H,27,29)(H,30,31);2-9H,10H2,1H3,(H,25,29)(H,26,28)(H,30,31). The maximum atomic E-state index is 14.9. The number of H-pyrrole nitrogens is 5. The SMILES string of the molecule is Cc1c[nH]c(=O)cc1Cn1c(C(=O)O)c(-c2ccc[nH]c2=O)c2c3occc3c(F)cc21.Cc1cccc(Cn2c(C(=O)O)c(-c3ccc[nH]c3=O)c3c4occc4c(F)cc32)c1C.NCc1ccc(Cn2c(C(=O)O)c(-c3ccc[nH]c3=O)c3c4occc4c(F)cc32)cc1.NCc1cccc(Cn2c(C(=O)O)c(-c3ccc[nH]c3=O)c3c4occc4c(F)cc32)c1. The number of aromatic amines is 5. The number of rotatable bonds is 18. The van der Waals surface area contributed by atoms with Gasteiger partial charge in [0.15, 0.2) is 0 Å². The van der Waals surface area contributed by atoms with Crippen molar-refractivity contribution in [2.45, 2.75) is 60.0 Å². The number of furan rings is 4. The first kappa shape index (κ1) is 83.4. The number of fused-ring (bicyclic) bond motifs is 12. The number of halogens is 4. The van der Waals surface area contributed by atoms with Gasteiger partial charge in [-0.05, 0) is 168 Å². The molecule has 13 aromatic heterocycles. The molecule has 0 aliphatic carbocycles. The molecule has 20 rings (SSSR count). The van der Waals surface area contributed by atoms with Crippen molar-refractivity contribution in [3.8, 4) is 44.5 Å². The normalized spacial score (nSPS) is 11.4. The van der Waals surface area contributed by atoms with E-state index in [1.807, 2.05) is 80.6 Å². The lowest BCUT2D eigenvalue weighted by Crippen LogP contribution is -2.15. The molecule has 0 bridgehead atoms. The predicted molar refractivity (Wildman–Crippen MR) is 472 cm³/mol. The Bertz CT molecular complexity index is 8260. The van der Waals surface area contributed by atoms with Gasteiger partial charge in [-0.1, -0.05) is 66.7 Å². The van der Waals surface area contributed by atoms with Crippen LogP contribution in [0.5, 0.6) is 0 Å². The van der Waals surface area contributed by atoms with Crippen LogP contribution in [0.1, 0.15) is 92.0 Å². The highest BCUT2D eigenvalue weighted by molar-refractivity contribution is 6.21. The van der Waals surface area contributed by atoms with E-state index in [0.717, 1.165) is 44.5 Å². The molecule has 0 atom stereocenters. The van der Waals surface area contributed by atoms with Crippen molar-refractivity contribution in [1.82, 2.24) is 43.2 Å². The molecule has 13 N–H and O–H groups in total. The molecule has 0 spiro atoms. The zero-order valence-corrected chi connectivity index (χ0v) is 67.7. The van der Waals surface area contributed by atoms with E-state index in [0.29, 0.717) is 56.7 Å². The van der Waals surface area contributed by atoms with Crippen LogP contribution >= 0.6 is 0 Å². The number of hydrogen-bond donors (Lipinski definition) is 11. The fraction of sp³-hybridized carbons (Fsp3) is 0.0938. The van der Waals surface area contributed by atoms with Crippen molar-refractivity contribution < 1.29 is 74.8 Å². The van der Waals surface area contributed by atoms with Crippen LogP contribution < -0.4 is 39.3 Å². The van der Waals surface area contributed by atoms with Gasteiger partial charge in [-0.2, -0.15) is 0 Å². The number of aryl methyl sites for hydroxylation is 2. The molecule has 640 valence electrons. The molecule has 28 nitrogen and oxygen atoms in total. The number of benzene rings is 7. The van der Waals surface area contributed by atoms with Crippen LogP contribution in [0.3, 0.4) is 0 Å². The first-order valence-corrected chi connectivity index (χ1v) is 39.6. The van der Waals surface area contributed by atoms with E-state index in [-0.39, 0.29) is 148 Å². The number of pyridine rings is 5. The molecule has 0 fully saturated rings. The molecule has 0 saturated carbocycles. The fourth-order valence-electron chi connectivity index (χ4n) is 16.8. The zero-order valence-electron chi connectivity index (χ0n) is 67.7. The van der Waals surface area contributed by atoms with Crippen LogP contribution in [0.2, 0.25) is 0 Å². The topological polar surface area (TPSA) is 438 Å². The summed E-state index contributed by atoms with van der Waals surface area (Å²) in [6.45, 7) is 6.89. The minimum atomic E-state index is -1.30. The second-order valence-electron chi connectivity index (χ2n) is 30.2. The van der Waals surface area contributed by atoms with Gasteiger partial charge in [-0.25, -0.2) is 36.7 Å². The molecule has 0 radical (unpaired) electrons. The van der Waals surface area contributed by atoms with Gasteiger partial charge in [0.2, 0.25) is 5.56 Å². The largest absolute Gasteiger partial charge is 0.477 e. The van der Waals surface area contributed by atoms with Crippen molar-refractivity contribution in [1.29, 1.82) is 0 Å². The molecular weight excluding hydrogens is 1660 g/mol. The summed E-state index contributed by atoms with van der Waals surface area (Å²) >= 11 is 0. The van der Waals surface area contributed by atoms with Crippen molar-refractivity contribution in [2.24, 2.45) is 11.5 Å². The summed E-state index contributed by atoms with van der Waals surface area (Å²) in [6.07, 6.45) is 12.7. The molecule has 0 amide bonds. The van der Waals surface area contributed by atoms with Crippen LogP contribution in [-0.4, -0.2) is 87.5 Å². The lowest BCUT2D eigenvalue weighted by atomic mass is 10.0. The van der Waals surface area contributed by atoms with E-state index in [2.05, 4.69) is 24.9 Å². The van der Waals surface area contributed by atoms with Gasteiger partial charge >= 0.3 is 23.9 Å². The molecule has 0 unspecified atom stereocenters. The summed E-state index contributed by atoms with van der Waals surface area (Å²) in [6, 6.07) is 45.5. The third kappa shape index (κ3) is 14.7. The van der Waals surface area contributed by atoms with Crippen molar-refractivity contribution in [3.05, 3.63) is 374 Å². The van der Waals surface area contributed by atoms with Gasteiger partial charge in [0.1, 0.15) is 68.4 Å². The molecule has 20 aromatic rings. The molecule has 32 heteroatoms. The summed E-state index contributed by atoms with van der Waals surface area (Å²) in [5, 5.41) is 43.1. The smallest absolute Gasteiger partial charge is 0.353 e. The molecule has 13 heterocycles. The molecule has 0 saturated heterocycles. The lowest BCUT2D eigenvalue weighted by Gasteiger charge is -2.13. The van der Waals surface area contributed by atoms with Crippen LogP contribution in [0.4, 0.5) is 17.6 Å². The number of hydrogen-bond acceptors (Lipinski definition) is 15. The van der Waals surface area contributed by atoms with E-state index in [9.17, 15) is 81.1 Å². The Morgan fingerprint density at radius 1 is 0.344 bits per heavy atom. The molecule has 7 aromatic carbocycles. The summed E-state index contributed by atoms with van der Waals surface area (Å²) in [5.41, 5.74) is 19.6. The highest BCUT2D eigenvalue weighted by Crippen LogP contribution is 2.46. The van der Waals surface area contributed by atoms with E-state index in [1.54, 1.807) is 47.9 Å².